The molecule has 1 saturated carbocycles. The number of carboxylic acids is 1. The number of hydrogen-bond donors (Lipinski definition) is 1. The van der Waals surface area contributed by atoms with Crippen molar-refractivity contribution in [1.82, 2.24) is 0 Å². The van der Waals surface area contributed by atoms with Crippen LogP contribution in [0.4, 0.5) is 0 Å². The molecule has 1 N–H and O–H groups in total. The van der Waals surface area contributed by atoms with Gasteiger partial charge in [-0.25, -0.2) is 0 Å². The van der Waals surface area contributed by atoms with E-state index in [9.17, 15) is 4.79 Å². The molecule has 1 rings (SSSR count). The highest BCUT2D eigenvalue weighted by Crippen LogP contribution is 2.34. The van der Waals surface area contributed by atoms with Crippen molar-refractivity contribution >= 4 is 5.97 Å². The van der Waals surface area contributed by atoms with Crippen LogP contribution < -0.4 is 0 Å². The molecule has 2 nitrogen and oxygen atoms in total. The Morgan fingerprint density at radius 1 is 1.58 bits per heavy atom. The van der Waals surface area contributed by atoms with Gasteiger partial charge in [-0.05, 0) is 25.2 Å². The van der Waals surface area contributed by atoms with Crippen LogP contribution in [0.1, 0.15) is 32.1 Å². The summed E-state index contributed by atoms with van der Waals surface area (Å²) >= 11 is 0. The SMILES string of the molecule is C#CCCC1CCCC1C(=O)O. The second-order valence-corrected chi connectivity index (χ2v) is 3.38. The Morgan fingerprint density at radius 3 is 2.92 bits per heavy atom. The molecule has 0 bridgehead atoms. The van der Waals surface area contributed by atoms with Gasteiger partial charge >= 0.3 is 5.97 Å². The fourth-order valence-electron chi connectivity index (χ4n) is 1.98. The monoisotopic (exact) mass is 166 g/mol. The molecule has 66 valence electrons. The Kier molecular flexibility index (Phi) is 3.16. The third kappa shape index (κ3) is 2.01. The zero-order valence-electron chi connectivity index (χ0n) is 7.12. The Labute approximate surface area is 73.0 Å². The topological polar surface area (TPSA) is 37.3 Å². The van der Waals surface area contributed by atoms with Crippen LogP contribution in [0.15, 0.2) is 0 Å². The van der Waals surface area contributed by atoms with E-state index in [1.54, 1.807) is 0 Å². The molecule has 2 heteroatoms. The summed E-state index contributed by atoms with van der Waals surface area (Å²) in [5.74, 6) is 2.12. The quantitative estimate of drug-likeness (QED) is 0.650. The number of hydrogen-bond acceptors (Lipinski definition) is 1. The average molecular weight is 166 g/mol. The Bertz CT molecular complexity index is 202. The maximum absolute atomic E-state index is 10.7. The lowest BCUT2D eigenvalue weighted by molar-refractivity contribution is -0.143. The van der Waals surface area contributed by atoms with E-state index < -0.39 is 5.97 Å². The molecule has 2 unspecified atom stereocenters. The van der Waals surface area contributed by atoms with E-state index in [-0.39, 0.29) is 5.92 Å². The Morgan fingerprint density at radius 2 is 2.33 bits per heavy atom. The van der Waals surface area contributed by atoms with E-state index in [0.717, 1.165) is 25.7 Å². The van der Waals surface area contributed by atoms with Crippen LogP contribution in [0.3, 0.4) is 0 Å². The fraction of sp³-hybridized carbons (Fsp3) is 0.700. The van der Waals surface area contributed by atoms with Gasteiger partial charge in [0.1, 0.15) is 0 Å². The van der Waals surface area contributed by atoms with Crippen LogP contribution in [0, 0.1) is 24.2 Å². The smallest absolute Gasteiger partial charge is 0.306 e. The van der Waals surface area contributed by atoms with Crippen molar-refractivity contribution in [2.45, 2.75) is 32.1 Å². The second kappa shape index (κ2) is 4.15. The minimum atomic E-state index is -0.644. The highest BCUT2D eigenvalue weighted by atomic mass is 16.4. The van der Waals surface area contributed by atoms with Crippen LogP contribution in [-0.4, -0.2) is 11.1 Å². The molecule has 0 aromatic carbocycles. The van der Waals surface area contributed by atoms with Gasteiger partial charge in [0.25, 0.3) is 0 Å². The average Bonchev–Trinajstić information content (AvgIpc) is 2.48. The predicted octanol–water partition coefficient (Wildman–Crippen LogP) is 1.90. The first-order valence-corrected chi connectivity index (χ1v) is 4.42. The molecule has 0 aliphatic heterocycles. The number of aliphatic carboxylic acids is 1. The Balaban J connectivity index is 2.42. The summed E-state index contributed by atoms with van der Waals surface area (Å²) in [6.45, 7) is 0. The summed E-state index contributed by atoms with van der Waals surface area (Å²) in [5.41, 5.74) is 0. The van der Waals surface area contributed by atoms with Crippen molar-refractivity contribution in [3.05, 3.63) is 0 Å². The lowest BCUT2D eigenvalue weighted by Gasteiger charge is -2.13. The van der Waals surface area contributed by atoms with Crippen LogP contribution in [0.25, 0.3) is 0 Å². The normalized spacial score (nSPS) is 28.2. The maximum atomic E-state index is 10.7. The van der Waals surface area contributed by atoms with E-state index in [2.05, 4.69) is 5.92 Å². The summed E-state index contributed by atoms with van der Waals surface area (Å²) in [6, 6.07) is 0. The third-order valence-electron chi connectivity index (χ3n) is 2.64. The van der Waals surface area contributed by atoms with Gasteiger partial charge in [-0.3, -0.25) is 4.79 Å². The minimum Gasteiger partial charge on any atom is -0.481 e. The molecule has 0 amide bonds. The predicted molar refractivity (Wildman–Crippen MR) is 46.5 cm³/mol. The molecular weight excluding hydrogens is 152 g/mol. The van der Waals surface area contributed by atoms with Crippen LogP contribution >= 0.6 is 0 Å². The summed E-state index contributed by atoms with van der Waals surface area (Å²) in [5, 5.41) is 8.83. The first kappa shape index (κ1) is 9.12. The van der Waals surface area contributed by atoms with E-state index in [1.807, 2.05) is 0 Å². The van der Waals surface area contributed by atoms with Gasteiger partial charge in [0.05, 0.1) is 5.92 Å². The molecule has 0 heterocycles. The lowest BCUT2D eigenvalue weighted by atomic mass is 9.92. The van der Waals surface area contributed by atoms with E-state index in [0.29, 0.717) is 12.3 Å². The fourth-order valence-corrected chi connectivity index (χ4v) is 1.98. The molecule has 0 saturated heterocycles. The number of rotatable bonds is 3. The molecule has 1 aliphatic carbocycles. The number of carboxylic acid groups (broad SMARTS) is 1. The van der Waals surface area contributed by atoms with Gasteiger partial charge in [0.15, 0.2) is 0 Å². The molecule has 12 heavy (non-hydrogen) atoms. The van der Waals surface area contributed by atoms with E-state index >= 15 is 0 Å². The van der Waals surface area contributed by atoms with Crippen LogP contribution in [-0.2, 0) is 4.79 Å². The van der Waals surface area contributed by atoms with Crippen molar-refractivity contribution in [2.75, 3.05) is 0 Å². The molecule has 0 aromatic rings. The maximum Gasteiger partial charge on any atom is 0.306 e. The van der Waals surface area contributed by atoms with E-state index in [4.69, 9.17) is 11.5 Å². The van der Waals surface area contributed by atoms with Crippen molar-refractivity contribution < 1.29 is 9.90 Å². The zero-order valence-corrected chi connectivity index (χ0v) is 7.12. The summed E-state index contributed by atoms with van der Waals surface area (Å²) < 4.78 is 0. The molecule has 2 atom stereocenters. The largest absolute Gasteiger partial charge is 0.481 e. The van der Waals surface area contributed by atoms with Crippen molar-refractivity contribution in [3.8, 4) is 12.3 Å². The summed E-state index contributed by atoms with van der Waals surface area (Å²) in [6.07, 6.45) is 9.66. The minimum absolute atomic E-state index is 0.127. The second-order valence-electron chi connectivity index (χ2n) is 3.38. The van der Waals surface area contributed by atoms with Gasteiger partial charge in [0.2, 0.25) is 0 Å². The standard InChI is InChI=1S/C10H14O2/c1-2-3-5-8-6-4-7-9(8)10(11)12/h1,8-9H,3-7H2,(H,11,12). The van der Waals surface area contributed by atoms with Crippen LogP contribution in [0.5, 0.6) is 0 Å². The van der Waals surface area contributed by atoms with Gasteiger partial charge in [0, 0.05) is 6.42 Å². The lowest BCUT2D eigenvalue weighted by Crippen LogP contribution is -2.17. The zero-order chi connectivity index (χ0) is 8.97. The summed E-state index contributed by atoms with van der Waals surface area (Å²) in [4.78, 5) is 10.7. The first-order valence-electron chi connectivity index (χ1n) is 4.42. The molecule has 0 spiro atoms. The van der Waals surface area contributed by atoms with Crippen molar-refractivity contribution in [3.63, 3.8) is 0 Å². The van der Waals surface area contributed by atoms with Gasteiger partial charge in [-0.2, -0.15) is 0 Å². The number of carbonyl (C=O) groups is 1. The summed E-state index contributed by atoms with van der Waals surface area (Å²) in [7, 11) is 0. The highest BCUT2D eigenvalue weighted by Gasteiger charge is 2.31. The Hall–Kier alpha value is -0.970. The van der Waals surface area contributed by atoms with E-state index in [1.165, 1.54) is 0 Å². The first-order chi connectivity index (χ1) is 5.75. The molecule has 1 fully saturated rings. The third-order valence-corrected chi connectivity index (χ3v) is 2.64. The van der Waals surface area contributed by atoms with Gasteiger partial charge in [-0.15, -0.1) is 12.3 Å². The molecule has 0 radical (unpaired) electrons. The highest BCUT2D eigenvalue weighted by molar-refractivity contribution is 5.70. The van der Waals surface area contributed by atoms with Crippen molar-refractivity contribution in [2.24, 2.45) is 11.8 Å². The van der Waals surface area contributed by atoms with Crippen molar-refractivity contribution in [1.29, 1.82) is 0 Å². The number of terminal acetylenes is 1. The van der Waals surface area contributed by atoms with Crippen LogP contribution in [0.2, 0.25) is 0 Å². The van der Waals surface area contributed by atoms with Gasteiger partial charge in [-0.1, -0.05) is 6.42 Å². The molecular formula is C10H14O2. The molecule has 1 aliphatic rings. The molecule has 0 aromatic heterocycles. The van der Waals surface area contributed by atoms with Gasteiger partial charge < -0.3 is 5.11 Å².